The zero-order chi connectivity index (χ0) is 20.0. The summed E-state index contributed by atoms with van der Waals surface area (Å²) >= 11 is 0. The van der Waals surface area contributed by atoms with Gasteiger partial charge in [-0.05, 0) is 48.8 Å². The number of hydrogen-bond donors (Lipinski definition) is 2. The molecule has 5 nitrogen and oxygen atoms in total. The average Bonchev–Trinajstić information content (AvgIpc) is 3.29. The molecule has 178 valence electrons. The van der Waals surface area contributed by atoms with E-state index in [1.54, 1.807) is 11.9 Å². The summed E-state index contributed by atoms with van der Waals surface area (Å²) in [6, 6.07) is 7.27. The van der Waals surface area contributed by atoms with Gasteiger partial charge in [0, 0.05) is 54.6 Å². The number of piperidine rings is 1. The summed E-state index contributed by atoms with van der Waals surface area (Å²) in [4.78, 5) is 11.8. The van der Waals surface area contributed by atoms with Gasteiger partial charge >= 0.3 is 0 Å². The fourth-order valence-corrected chi connectivity index (χ4v) is 5.64. The number of hydrogen-bond acceptors (Lipinski definition) is 5. The molecule has 1 aromatic heterocycles. The number of nitrogens with zero attached hydrogens (tertiary/aromatic N) is 3. The second kappa shape index (κ2) is 10.8. The van der Waals surface area contributed by atoms with E-state index in [4.69, 9.17) is 4.98 Å². The largest absolute Gasteiger partial charge is 0.384 e. The zero-order valence-electron chi connectivity index (χ0n) is 19.2. The lowest BCUT2D eigenvalue weighted by Crippen LogP contribution is -2.45. The molecule has 0 radical (unpaired) electrons. The fourth-order valence-electron chi connectivity index (χ4n) is 5.64. The molecule has 3 heterocycles. The van der Waals surface area contributed by atoms with Gasteiger partial charge in [-0.2, -0.15) is 0 Å². The van der Waals surface area contributed by atoms with Crippen LogP contribution in [-0.4, -0.2) is 35.6 Å². The molecule has 5 rings (SSSR count). The summed E-state index contributed by atoms with van der Waals surface area (Å²) in [5.41, 5.74) is 7.31. The third-order valence-electron chi connectivity index (χ3n) is 7.27. The Hall–Kier alpha value is -1.27. The normalized spacial score (nSPS) is 20.0. The molecule has 8 heteroatoms. The van der Waals surface area contributed by atoms with Gasteiger partial charge in [0.1, 0.15) is 12.1 Å². The van der Waals surface area contributed by atoms with Crippen molar-refractivity contribution in [3.8, 4) is 0 Å². The third kappa shape index (κ3) is 4.68. The lowest BCUT2D eigenvalue weighted by molar-refractivity contribution is 0.357. The molecule has 1 atom stereocenters. The number of nitrogens with one attached hydrogen (secondary N) is 2. The molecular formula is C24H36Cl3N5. The van der Waals surface area contributed by atoms with E-state index in [0.29, 0.717) is 12.0 Å². The predicted molar refractivity (Wildman–Crippen MR) is 141 cm³/mol. The first-order valence-corrected chi connectivity index (χ1v) is 11.3. The first kappa shape index (κ1) is 27.0. The molecule has 1 saturated heterocycles. The first-order chi connectivity index (χ1) is 14.1. The Bertz CT molecular complexity index is 913. The average molecular weight is 501 g/mol. The minimum Gasteiger partial charge on any atom is -0.384 e. The molecule has 1 unspecified atom stereocenters. The summed E-state index contributed by atoms with van der Waals surface area (Å²) < 4.78 is 0. The van der Waals surface area contributed by atoms with E-state index in [2.05, 4.69) is 59.5 Å². The van der Waals surface area contributed by atoms with Crippen LogP contribution in [0.1, 0.15) is 68.3 Å². The van der Waals surface area contributed by atoms with Crippen LogP contribution >= 0.6 is 37.2 Å². The van der Waals surface area contributed by atoms with E-state index in [9.17, 15) is 0 Å². The van der Waals surface area contributed by atoms with Gasteiger partial charge in [0.2, 0.25) is 0 Å². The number of fused-ring (bicyclic) bond motifs is 3. The van der Waals surface area contributed by atoms with Crippen LogP contribution in [0.25, 0.3) is 0 Å². The highest BCUT2D eigenvalue weighted by molar-refractivity contribution is 5.86. The van der Waals surface area contributed by atoms with Gasteiger partial charge in [-0.15, -0.1) is 37.2 Å². The zero-order valence-corrected chi connectivity index (χ0v) is 21.6. The van der Waals surface area contributed by atoms with Crippen molar-refractivity contribution in [2.45, 2.75) is 70.4 Å². The molecule has 2 aliphatic heterocycles. The number of aryl methyl sites for hydroxylation is 1. The van der Waals surface area contributed by atoms with Gasteiger partial charge in [0.05, 0.1) is 0 Å². The topological polar surface area (TPSA) is 53.1 Å². The van der Waals surface area contributed by atoms with Crippen LogP contribution in [-0.2, 0) is 18.4 Å². The highest BCUT2D eigenvalue weighted by atomic mass is 35.5. The van der Waals surface area contributed by atoms with E-state index in [1.807, 2.05) is 0 Å². The van der Waals surface area contributed by atoms with Crippen molar-refractivity contribution in [3.05, 3.63) is 46.9 Å². The number of rotatable bonds is 4. The second-order valence-electron chi connectivity index (χ2n) is 9.49. The van der Waals surface area contributed by atoms with E-state index in [1.165, 1.54) is 47.6 Å². The molecule has 1 aromatic carbocycles. The van der Waals surface area contributed by atoms with Gasteiger partial charge in [-0.1, -0.05) is 32.9 Å². The van der Waals surface area contributed by atoms with E-state index in [-0.39, 0.29) is 42.6 Å². The number of halogens is 3. The molecule has 2 aromatic rings. The molecular weight excluding hydrogens is 465 g/mol. The van der Waals surface area contributed by atoms with Crippen molar-refractivity contribution in [1.29, 1.82) is 0 Å². The third-order valence-corrected chi connectivity index (χ3v) is 7.27. The fraction of sp³-hybridized carbons (Fsp3) is 0.583. The van der Waals surface area contributed by atoms with Crippen molar-refractivity contribution in [2.75, 3.05) is 29.9 Å². The van der Waals surface area contributed by atoms with Crippen molar-refractivity contribution in [2.24, 2.45) is 0 Å². The number of anilines is 2. The van der Waals surface area contributed by atoms with Crippen LogP contribution in [0.15, 0.2) is 24.5 Å². The van der Waals surface area contributed by atoms with Crippen molar-refractivity contribution in [1.82, 2.24) is 15.3 Å². The Morgan fingerprint density at radius 2 is 1.91 bits per heavy atom. The van der Waals surface area contributed by atoms with Crippen LogP contribution in [0.4, 0.5) is 11.5 Å². The SMILES string of the molecule is CC(C)NCc1cccc2c1C1(CCN(c3ncnc4c3C(C)CC4)CC1)CN2.Cl.Cl.Cl. The standard InChI is InChI=1S/C24H33N5.3ClH/c1-16(2)25-13-18-5-4-6-20-22(18)24(14-26-20)9-11-29(12-10-24)23-21-17(3)7-8-19(21)27-15-28-23;;;/h4-6,15-17,25-26H,7-14H2,1-3H3;3*1H. The summed E-state index contributed by atoms with van der Waals surface area (Å²) in [5.74, 6) is 1.79. The lowest BCUT2D eigenvalue weighted by Gasteiger charge is -2.41. The smallest absolute Gasteiger partial charge is 0.135 e. The molecule has 3 aliphatic rings. The summed E-state index contributed by atoms with van der Waals surface area (Å²) in [5, 5.41) is 7.35. The Morgan fingerprint density at radius 1 is 1.16 bits per heavy atom. The van der Waals surface area contributed by atoms with Gasteiger partial charge in [0.25, 0.3) is 0 Å². The molecule has 1 fully saturated rings. The molecule has 0 bridgehead atoms. The maximum absolute atomic E-state index is 4.74. The van der Waals surface area contributed by atoms with Crippen LogP contribution < -0.4 is 15.5 Å². The van der Waals surface area contributed by atoms with Crippen LogP contribution in [0.2, 0.25) is 0 Å². The van der Waals surface area contributed by atoms with Crippen molar-refractivity contribution < 1.29 is 0 Å². The van der Waals surface area contributed by atoms with Gasteiger partial charge in [0.15, 0.2) is 0 Å². The molecule has 32 heavy (non-hydrogen) atoms. The molecule has 0 amide bonds. The summed E-state index contributed by atoms with van der Waals surface area (Å²) in [6.07, 6.45) is 6.45. The Balaban J connectivity index is 0.00000121. The second-order valence-corrected chi connectivity index (χ2v) is 9.49. The molecule has 1 aliphatic carbocycles. The molecule has 1 spiro atoms. The highest BCUT2D eigenvalue weighted by Crippen LogP contribution is 2.47. The minimum atomic E-state index is 0. The van der Waals surface area contributed by atoms with Gasteiger partial charge in [-0.3, -0.25) is 0 Å². The Morgan fingerprint density at radius 3 is 2.62 bits per heavy atom. The van der Waals surface area contributed by atoms with Crippen LogP contribution in [0, 0.1) is 0 Å². The highest BCUT2D eigenvalue weighted by Gasteiger charge is 2.43. The number of aromatic nitrogens is 2. The first-order valence-electron chi connectivity index (χ1n) is 11.3. The van der Waals surface area contributed by atoms with E-state index < -0.39 is 0 Å². The number of benzene rings is 1. The molecule has 2 N–H and O–H groups in total. The van der Waals surface area contributed by atoms with Crippen LogP contribution in [0.5, 0.6) is 0 Å². The van der Waals surface area contributed by atoms with E-state index in [0.717, 1.165) is 32.6 Å². The predicted octanol–water partition coefficient (Wildman–Crippen LogP) is 5.25. The van der Waals surface area contributed by atoms with Gasteiger partial charge in [-0.25, -0.2) is 9.97 Å². The maximum Gasteiger partial charge on any atom is 0.135 e. The van der Waals surface area contributed by atoms with Crippen molar-refractivity contribution >= 4 is 48.7 Å². The lowest BCUT2D eigenvalue weighted by atomic mass is 9.72. The molecule has 0 saturated carbocycles. The van der Waals surface area contributed by atoms with Gasteiger partial charge < -0.3 is 15.5 Å². The summed E-state index contributed by atoms with van der Waals surface area (Å²) in [6.45, 7) is 10.9. The monoisotopic (exact) mass is 499 g/mol. The van der Waals surface area contributed by atoms with E-state index >= 15 is 0 Å². The summed E-state index contributed by atoms with van der Waals surface area (Å²) in [7, 11) is 0. The van der Waals surface area contributed by atoms with Crippen LogP contribution in [0.3, 0.4) is 0 Å². The Kier molecular flexibility index (Phi) is 9.08. The minimum absolute atomic E-state index is 0. The Labute approximate surface area is 210 Å². The van der Waals surface area contributed by atoms with Crippen molar-refractivity contribution in [3.63, 3.8) is 0 Å². The maximum atomic E-state index is 4.74. The quantitative estimate of drug-likeness (QED) is 0.600.